The molecule has 0 unspecified atom stereocenters. The average molecular weight is 123 g/mol. The molecule has 0 rings (SSSR count). The molecule has 0 spiro atoms. The molecule has 0 aromatic rings. The smallest absolute Gasteiger partial charge is 0.196 e. The topological polar surface area (TPSA) is 33.0 Å². The van der Waals surface area contributed by atoms with E-state index in [1.165, 1.54) is 7.11 Å². The van der Waals surface area contributed by atoms with Crippen LogP contribution in [0.25, 0.3) is 0 Å². The summed E-state index contributed by atoms with van der Waals surface area (Å²) < 4.78 is 4.65. The summed E-state index contributed by atoms with van der Waals surface area (Å²) in [6.45, 7) is 1.88. The Labute approximate surface area is 55.1 Å². The summed E-state index contributed by atoms with van der Waals surface area (Å²) in [5.74, 6) is 0.327. The van der Waals surface area contributed by atoms with Gasteiger partial charge in [-0.2, -0.15) is 5.26 Å². The van der Waals surface area contributed by atoms with Crippen molar-refractivity contribution in [2.45, 2.75) is 6.92 Å². The minimum atomic E-state index is 0.327. The molecule has 48 valence electrons. The molecule has 0 amide bonds. The minimum absolute atomic E-state index is 0.327. The van der Waals surface area contributed by atoms with E-state index in [9.17, 15) is 0 Å². The fourth-order valence-corrected chi connectivity index (χ4v) is 0.335. The fraction of sp³-hybridized carbons (Fsp3) is 0.286. The quantitative estimate of drug-likeness (QED) is 0.317. The van der Waals surface area contributed by atoms with Gasteiger partial charge in [0.15, 0.2) is 5.76 Å². The van der Waals surface area contributed by atoms with Crippen LogP contribution in [0.2, 0.25) is 0 Å². The Morgan fingerprint density at radius 2 is 2.33 bits per heavy atom. The van der Waals surface area contributed by atoms with Gasteiger partial charge in [0.25, 0.3) is 0 Å². The van der Waals surface area contributed by atoms with Gasteiger partial charge in [-0.1, -0.05) is 12.2 Å². The van der Waals surface area contributed by atoms with Crippen LogP contribution in [0.4, 0.5) is 0 Å². The normalized spacial score (nSPS) is 11.4. The van der Waals surface area contributed by atoms with Crippen LogP contribution in [-0.2, 0) is 4.74 Å². The molecule has 0 aliphatic carbocycles. The highest BCUT2D eigenvalue weighted by Gasteiger charge is 1.84. The molecule has 0 radical (unpaired) electrons. The zero-order valence-electron chi connectivity index (χ0n) is 5.59. The number of methoxy groups -OCH3 is 1. The van der Waals surface area contributed by atoms with Crippen molar-refractivity contribution in [3.8, 4) is 6.07 Å². The first-order valence-corrected chi connectivity index (χ1v) is 2.62. The maximum Gasteiger partial charge on any atom is 0.196 e. The lowest BCUT2D eigenvalue weighted by atomic mass is 10.4. The molecular weight excluding hydrogens is 114 g/mol. The summed E-state index contributed by atoms with van der Waals surface area (Å²) in [5.41, 5.74) is 0. The van der Waals surface area contributed by atoms with Gasteiger partial charge in [0.2, 0.25) is 0 Å². The number of nitriles is 1. The Hall–Kier alpha value is -1.23. The molecule has 0 saturated carbocycles. The van der Waals surface area contributed by atoms with Crippen molar-refractivity contribution in [3.05, 3.63) is 24.0 Å². The van der Waals surface area contributed by atoms with Crippen molar-refractivity contribution in [1.29, 1.82) is 5.26 Å². The highest BCUT2D eigenvalue weighted by Crippen LogP contribution is 1.91. The number of hydrogen-bond donors (Lipinski definition) is 0. The van der Waals surface area contributed by atoms with Gasteiger partial charge in [-0.3, -0.25) is 0 Å². The van der Waals surface area contributed by atoms with Gasteiger partial charge in [0.1, 0.15) is 6.07 Å². The molecule has 0 fully saturated rings. The zero-order valence-corrected chi connectivity index (χ0v) is 5.59. The number of ether oxygens (including phenoxy) is 1. The van der Waals surface area contributed by atoms with Crippen LogP contribution in [-0.4, -0.2) is 7.11 Å². The molecule has 0 heterocycles. The van der Waals surface area contributed by atoms with Crippen molar-refractivity contribution in [3.63, 3.8) is 0 Å². The van der Waals surface area contributed by atoms with E-state index in [2.05, 4.69) is 4.74 Å². The standard InChI is InChI=1S/C7H9NO/c1-3-4-5-7(6-8)9-2/h3-5H,1-2H3/b4-3-,7-5-. The second kappa shape index (κ2) is 4.92. The summed E-state index contributed by atoms with van der Waals surface area (Å²) in [7, 11) is 1.47. The van der Waals surface area contributed by atoms with Gasteiger partial charge in [-0.15, -0.1) is 0 Å². The van der Waals surface area contributed by atoms with Crippen LogP contribution < -0.4 is 0 Å². The summed E-state index contributed by atoms with van der Waals surface area (Å²) in [6.07, 6.45) is 5.19. The van der Waals surface area contributed by atoms with Gasteiger partial charge in [0.05, 0.1) is 7.11 Å². The second-order valence-electron chi connectivity index (χ2n) is 1.37. The van der Waals surface area contributed by atoms with E-state index in [1.807, 2.05) is 19.1 Å². The van der Waals surface area contributed by atoms with Crippen molar-refractivity contribution in [1.82, 2.24) is 0 Å². The maximum atomic E-state index is 8.28. The zero-order chi connectivity index (χ0) is 7.11. The lowest BCUT2D eigenvalue weighted by molar-refractivity contribution is 0.310. The molecule has 2 heteroatoms. The van der Waals surface area contributed by atoms with Gasteiger partial charge < -0.3 is 4.74 Å². The van der Waals surface area contributed by atoms with E-state index in [4.69, 9.17) is 5.26 Å². The van der Waals surface area contributed by atoms with Crippen LogP contribution >= 0.6 is 0 Å². The maximum absolute atomic E-state index is 8.28. The largest absolute Gasteiger partial charge is 0.487 e. The van der Waals surface area contributed by atoms with Crippen LogP contribution in [0.1, 0.15) is 6.92 Å². The fourth-order valence-electron chi connectivity index (χ4n) is 0.335. The van der Waals surface area contributed by atoms with E-state index >= 15 is 0 Å². The van der Waals surface area contributed by atoms with E-state index < -0.39 is 0 Å². The number of allylic oxidation sites excluding steroid dienone is 4. The molecule has 0 aliphatic heterocycles. The van der Waals surface area contributed by atoms with E-state index in [-0.39, 0.29) is 0 Å². The predicted molar refractivity (Wildman–Crippen MR) is 35.5 cm³/mol. The molecule has 0 saturated heterocycles. The van der Waals surface area contributed by atoms with Gasteiger partial charge in [0, 0.05) is 0 Å². The number of nitrogens with zero attached hydrogens (tertiary/aromatic N) is 1. The predicted octanol–water partition coefficient (Wildman–Crippen LogP) is 1.62. The van der Waals surface area contributed by atoms with Crippen LogP contribution in [0.5, 0.6) is 0 Å². The summed E-state index contributed by atoms with van der Waals surface area (Å²) >= 11 is 0. The van der Waals surface area contributed by atoms with Crippen molar-refractivity contribution in [2.75, 3.05) is 7.11 Å². The number of rotatable bonds is 2. The first-order valence-electron chi connectivity index (χ1n) is 2.62. The van der Waals surface area contributed by atoms with Crippen LogP contribution in [0, 0.1) is 11.3 Å². The number of hydrogen-bond acceptors (Lipinski definition) is 2. The molecule has 0 N–H and O–H groups in total. The average Bonchev–Trinajstić information content (AvgIpc) is 1.91. The third-order valence-corrected chi connectivity index (χ3v) is 0.770. The Morgan fingerprint density at radius 1 is 1.67 bits per heavy atom. The molecule has 0 atom stereocenters. The van der Waals surface area contributed by atoms with E-state index in [0.29, 0.717) is 5.76 Å². The highest BCUT2D eigenvalue weighted by molar-refractivity contribution is 5.18. The first kappa shape index (κ1) is 7.77. The third kappa shape index (κ3) is 3.36. The molecule has 0 bridgehead atoms. The van der Waals surface area contributed by atoms with Crippen LogP contribution in [0.15, 0.2) is 24.0 Å². The van der Waals surface area contributed by atoms with Crippen molar-refractivity contribution >= 4 is 0 Å². The van der Waals surface area contributed by atoms with Crippen molar-refractivity contribution < 1.29 is 4.74 Å². The summed E-state index contributed by atoms with van der Waals surface area (Å²) in [4.78, 5) is 0. The lowest BCUT2D eigenvalue weighted by Crippen LogP contribution is -1.78. The van der Waals surface area contributed by atoms with Crippen LogP contribution in [0.3, 0.4) is 0 Å². The van der Waals surface area contributed by atoms with Crippen molar-refractivity contribution in [2.24, 2.45) is 0 Å². The second-order valence-corrected chi connectivity index (χ2v) is 1.37. The Kier molecular flexibility index (Phi) is 4.25. The Bertz CT molecular complexity index is 162. The van der Waals surface area contributed by atoms with Gasteiger partial charge in [-0.25, -0.2) is 0 Å². The lowest BCUT2D eigenvalue weighted by Gasteiger charge is -1.89. The molecule has 0 aliphatic rings. The highest BCUT2D eigenvalue weighted by atomic mass is 16.5. The van der Waals surface area contributed by atoms with E-state index in [0.717, 1.165) is 0 Å². The minimum Gasteiger partial charge on any atom is -0.487 e. The SMILES string of the molecule is C/C=C\C=C(\C#N)OC. The van der Waals surface area contributed by atoms with E-state index in [1.54, 1.807) is 12.2 Å². The molecule has 0 aromatic heterocycles. The van der Waals surface area contributed by atoms with Gasteiger partial charge in [-0.05, 0) is 13.0 Å². The molecular formula is C7H9NO. The third-order valence-electron chi connectivity index (χ3n) is 0.770. The molecule has 9 heavy (non-hydrogen) atoms. The molecule has 2 nitrogen and oxygen atoms in total. The Morgan fingerprint density at radius 3 is 2.67 bits per heavy atom. The first-order chi connectivity index (χ1) is 4.35. The van der Waals surface area contributed by atoms with Gasteiger partial charge >= 0.3 is 0 Å². The summed E-state index contributed by atoms with van der Waals surface area (Å²) in [6, 6.07) is 1.87. The monoisotopic (exact) mass is 123 g/mol. The Balaban J connectivity index is 3.96. The summed E-state index contributed by atoms with van der Waals surface area (Å²) in [5, 5.41) is 8.28. The molecule has 0 aromatic carbocycles.